The minimum atomic E-state index is -0.431. The predicted octanol–water partition coefficient (Wildman–Crippen LogP) is 4.29. The number of rotatable bonds is 3. The van der Waals surface area contributed by atoms with Crippen molar-refractivity contribution in [2.24, 2.45) is 0 Å². The fourth-order valence-corrected chi connectivity index (χ4v) is 2.48. The molecule has 0 aliphatic carbocycles. The fraction of sp³-hybridized carbons (Fsp3) is 0.111. The zero-order chi connectivity index (χ0) is 16.4. The quantitative estimate of drug-likeness (QED) is 0.674. The van der Waals surface area contributed by atoms with E-state index in [1.54, 1.807) is 22.9 Å². The summed E-state index contributed by atoms with van der Waals surface area (Å²) in [5.41, 5.74) is 3.84. The second-order valence-corrected chi connectivity index (χ2v) is 5.60. The molecule has 0 saturated heterocycles. The predicted molar refractivity (Wildman–Crippen MR) is 90.1 cm³/mol. The van der Waals surface area contributed by atoms with Gasteiger partial charge in [-0.15, -0.1) is 0 Å². The molecule has 5 heteroatoms. The zero-order valence-corrected chi connectivity index (χ0v) is 13.5. The van der Waals surface area contributed by atoms with Gasteiger partial charge in [0.1, 0.15) is 0 Å². The number of carbonyl (C=O) groups is 1. The molecule has 0 aliphatic rings. The van der Waals surface area contributed by atoms with E-state index in [0.717, 1.165) is 16.8 Å². The molecular weight excluding hydrogens is 312 g/mol. The topological polar surface area (TPSA) is 44.1 Å². The molecule has 0 saturated carbocycles. The highest BCUT2D eigenvalue weighted by atomic mass is 35.5. The summed E-state index contributed by atoms with van der Waals surface area (Å²) in [6.07, 6.45) is 0. The lowest BCUT2D eigenvalue weighted by Gasteiger charge is -2.06. The van der Waals surface area contributed by atoms with Gasteiger partial charge in [0.05, 0.1) is 18.5 Å². The molecule has 116 valence electrons. The van der Waals surface area contributed by atoms with Crippen LogP contribution in [0.2, 0.25) is 5.02 Å². The van der Waals surface area contributed by atoms with Crippen molar-refractivity contribution < 1.29 is 9.53 Å². The van der Waals surface area contributed by atoms with Crippen molar-refractivity contribution in [3.63, 3.8) is 0 Å². The van der Waals surface area contributed by atoms with E-state index >= 15 is 0 Å². The number of ether oxygens (including phenoxy) is 1. The van der Waals surface area contributed by atoms with E-state index in [1.807, 2.05) is 43.3 Å². The van der Waals surface area contributed by atoms with Crippen LogP contribution in [0.4, 0.5) is 0 Å². The van der Waals surface area contributed by atoms with Gasteiger partial charge in [0.2, 0.25) is 0 Å². The molecule has 0 fully saturated rings. The molecule has 4 nitrogen and oxygen atoms in total. The Hall–Kier alpha value is -2.59. The van der Waals surface area contributed by atoms with Gasteiger partial charge in [0, 0.05) is 10.6 Å². The SMILES string of the molecule is COC(=O)c1cc(-c2ccc(Cl)cc2)nn1-c1cccc(C)c1. The first-order valence-corrected chi connectivity index (χ1v) is 7.47. The Morgan fingerprint density at radius 1 is 1.13 bits per heavy atom. The first-order valence-electron chi connectivity index (χ1n) is 7.10. The number of benzene rings is 2. The summed E-state index contributed by atoms with van der Waals surface area (Å²) in [6, 6.07) is 16.8. The van der Waals surface area contributed by atoms with Gasteiger partial charge in [-0.05, 0) is 42.8 Å². The zero-order valence-electron chi connectivity index (χ0n) is 12.8. The summed E-state index contributed by atoms with van der Waals surface area (Å²) in [7, 11) is 1.36. The number of esters is 1. The second-order valence-electron chi connectivity index (χ2n) is 5.16. The molecule has 0 N–H and O–H groups in total. The van der Waals surface area contributed by atoms with Gasteiger partial charge in [-0.25, -0.2) is 9.48 Å². The van der Waals surface area contributed by atoms with Crippen molar-refractivity contribution in [1.29, 1.82) is 0 Å². The number of carbonyl (C=O) groups excluding carboxylic acids is 1. The Balaban J connectivity index is 2.14. The summed E-state index contributed by atoms with van der Waals surface area (Å²) in [5, 5.41) is 5.22. The molecule has 0 spiro atoms. The Morgan fingerprint density at radius 2 is 1.87 bits per heavy atom. The molecular formula is C18H15ClN2O2. The smallest absolute Gasteiger partial charge is 0.356 e. The minimum Gasteiger partial charge on any atom is -0.464 e. The standard InChI is InChI=1S/C18H15ClN2O2/c1-12-4-3-5-15(10-12)21-17(18(22)23-2)11-16(20-21)13-6-8-14(19)9-7-13/h3-11H,1-2H3. The molecule has 0 unspecified atom stereocenters. The average molecular weight is 327 g/mol. The first-order chi connectivity index (χ1) is 11.1. The van der Waals surface area contributed by atoms with Crippen LogP contribution in [-0.2, 0) is 4.74 Å². The summed E-state index contributed by atoms with van der Waals surface area (Å²) in [4.78, 5) is 12.1. The van der Waals surface area contributed by atoms with Gasteiger partial charge in [-0.2, -0.15) is 5.10 Å². The third kappa shape index (κ3) is 3.12. The monoisotopic (exact) mass is 326 g/mol. The number of hydrogen-bond acceptors (Lipinski definition) is 3. The van der Waals surface area contributed by atoms with E-state index in [2.05, 4.69) is 5.10 Å². The van der Waals surface area contributed by atoms with Gasteiger partial charge < -0.3 is 4.74 Å². The Labute approximate surface area is 139 Å². The lowest BCUT2D eigenvalue weighted by atomic mass is 10.1. The van der Waals surface area contributed by atoms with Crippen LogP contribution in [0, 0.1) is 6.92 Å². The van der Waals surface area contributed by atoms with Crippen LogP contribution in [0.1, 0.15) is 16.1 Å². The number of nitrogens with zero attached hydrogens (tertiary/aromatic N) is 2. The Kier molecular flexibility index (Phi) is 4.17. The molecule has 3 aromatic rings. The van der Waals surface area contributed by atoms with Crippen LogP contribution in [0.15, 0.2) is 54.6 Å². The summed E-state index contributed by atoms with van der Waals surface area (Å²) < 4.78 is 6.48. The molecule has 0 amide bonds. The maximum atomic E-state index is 12.1. The third-order valence-corrected chi connectivity index (χ3v) is 3.74. The molecule has 2 aromatic carbocycles. The van der Waals surface area contributed by atoms with Crippen LogP contribution in [0.5, 0.6) is 0 Å². The molecule has 1 aromatic heterocycles. The van der Waals surface area contributed by atoms with Crippen molar-refractivity contribution in [3.05, 3.63) is 70.9 Å². The minimum absolute atomic E-state index is 0.378. The van der Waals surface area contributed by atoms with Gasteiger partial charge in [-0.3, -0.25) is 0 Å². The van der Waals surface area contributed by atoms with Crippen LogP contribution < -0.4 is 0 Å². The molecule has 0 bridgehead atoms. The van der Waals surface area contributed by atoms with E-state index in [4.69, 9.17) is 16.3 Å². The Bertz CT molecular complexity index is 854. The summed E-state index contributed by atoms with van der Waals surface area (Å²) >= 11 is 5.92. The van der Waals surface area contributed by atoms with Crippen molar-refractivity contribution in [2.75, 3.05) is 7.11 Å². The number of aryl methyl sites for hydroxylation is 1. The van der Waals surface area contributed by atoms with Gasteiger partial charge in [0.15, 0.2) is 5.69 Å². The number of hydrogen-bond donors (Lipinski definition) is 0. The van der Waals surface area contributed by atoms with E-state index in [0.29, 0.717) is 16.4 Å². The van der Waals surface area contributed by atoms with Gasteiger partial charge in [0.25, 0.3) is 0 Å². The average Bonchev–Trinajstić information content (AvgIpc) is 3.00. The van der Waals surface area contributed by atoms with E-state index in [-0.39, 0.29) is 0 Å². The van der Waals surface area contributed by atoms with Gasteiger partial charge >= 0.3 is 5.97 Å². The molecule has 23 heavy (non-hydrogen) atoms. The first kappa shape index (κ1) is 15.3. The van der Waals surface area contributed by atoms with E-state index in [9.17, 15) is 4.79 Å². The van der Waals surface area contributed by atoms with E-state index in [1.165, 1.54) is 7.11 Å². The highest BCUT2D eigenvalue weighted by Crippen LogP contribution is 2.24. The summed E-state index contributed by atoms with van der Waals surface area (Å²) in [6.45, 7) is 1.99. The van der Waals surface area contributed by atoms with Crippen LogP contribution in [0.25, 0.3) is 16.9 Å². The van der Waals surface area contributed by atoms with Crippen molar-refractivity contribution in [3.8, 4) is 16.9 Å². The molecule has 0 radical (unpaired) electrons. The molecule has 1 heterocycles. The van der Waals surface area contributed by atoms with Crippen molar-refractivity contribution >= 4 is 17.6 Å². The lowest BCUT2D eigenvalue weighted by molar-refractivity contribution is 0.0590. The third-order valence-electron chi connectivity index (χ3n) is 3.49. The van der Waals surface area contributed by atoms with Crippen molar-refractivity contribution in [1.82, 2.24) is 9.78 Å². The van der Waals surface area contributed by atoms with Crippen molar-refractivity contribution in [2.45, 2.75) is 6.92 Å². The molecule has 0 aliphatic heterocycles. The van der Waals surface area contributed by atoms with Crippen LogP contribution >= 0.6 is 11.6 Å². The highest BCUT2D eigenvalue weighted by Gasteiger charge is 2.18. The fourth-order valence-electron chi connectivity index (χ4n) is 2.35. The highest BCUT2D eigenvalue weighted by molar-refractivity contribution is 6.30. The second kappa shape index (κ2) is 6.26. The Morgan fingerprint density at radius 3 is 2.52 bits per heavy atom. The maximum absolute atomic E-state index is 12.1. The van der Waals surface area contributed by atoms with E-state index < -0.39 is 5.97 Å². The van der Waals surface area contributed by atoms with Crippen LogP contribution in [-0.4, -0.2) is 22.9 Å². The van der Waals surface area contributed by atoms with Gasteiger partial charge in [-0.1, -0.05) is 35.9 Å². The molecule has 3 rings (SSSR count). The number of methoxy groups -OCH3 is 1. The van der Waals surface area contributed by atoms with Crippen LogP contribution in [0.3, 0.4) is 0 Å². The normalized spacial score (nSPS) is 10.6. The summed E-state index contributed by atoms with van der Waals surface area (Å²) in [5.74, 6) is -0.431. The molecule has 0 atom stereocenters. The largest absolute Gasteiger partial charge is 0.464 e. The lowest BCUT2D eigenvalue weighted by Crippen LogP contribution is -2.10. The maximum Gasteiger partial charge on any atom is 0.356 e. The number of aromatic nitrogens is 2. The number of halogens is 1.